The highest BCUT2D eigenvalue weighted by molar-refractivity contribution is 6.08. The van der Waals surface area contributed by atoms with Crippen molar-refractivity contribution < 1.29 is 31.1 Å². The molecule has 0 radical (unpaired) electrons. The minimum absolute atomic E-state index is 0.0120. The van der Waals surface area contributed by atoms with E-state index in [1.54, 1.807) is 31.2 Å². The average Bonchev–Trinajstić information content (AvgIpc) is 2.88. The number of amides is 1. The Morgan fingerprint density at radius 3 is 2.04 bits per heavy atom. The van der Waals surface area contributed by atoms with Crippen LogP contribution in [0, 0.1) is 0 Å². The number of anilines is 1. The zero-order chi connectivity index (χ0) is 19.3. The molecule has 2 aromatic carbocycles. The lowest BCUT2D eigenvalue weighted by Crippen LogP contribution is -2.36. The van der Waals surface area contributed by atoms with Crippen molar-refractivity contribution in [3.63, 3.8) is 0 Å². The van der Waals surface area contributed by atoms with Crippen LogP contribution in [0.4, 0.5) is 32.0 Å². The maximum Gasteiger partial charge on any atom is 0.416 e. The molecule has 0 aliphatic carbocycles. The van der Waals surface area contributed by atoms with E-state index in [1.165, 1.54) is 4.90 Å². The van der Waals surface area contributed by atoms with Gasteiger partial charge in [0.1, 0.15) is 0 Å². The van der Waals surface area contributed by atoms with Gasteiger partial charge in [-0.3, -0.25) is 4.79 Å². The first-order chi connectivity index (χ1) is 12.0. The quantitative estimate of drug-likeness (QED) is 0.620. The van der Waals surface area contributed by atoms with Crippen molar-refractivity contribution in [3.8, 4) is 0 Å². The molecule has 1 amide bonds. The third-order valence-electron chi connectivity index (χ3n) is 4.26. The SMILES string of the molecule is CC1Cc2ccccc2N1C(=O)c1cc(C(F)(F)F)cc(C(F)(F)F)c1. The van der Waals surface area contributed by atoms with E-state index in [-0.39, 0.29) is 12.1 Å². The molecule has 138 valence electrons. The van der Waals surface area contributed by atoms with Crippen LogP contribution in [0.15, 0.2) is 42.5 Å². The standard InChI is InChI=1S/C18H13F6NO/c1-10-6-11-4-2-3-5-15(11)25(10)16(26)12-7-13(17(19,20)21)9-14(8-12)18(22,23)24/h2-5,7-10H,6H2,1H3. The number of fused-ring (bicyclic) bond motifs is 1. The number of carbonyl (C=O) groups is 1. The van der Waals surface area contributed by atoms with E-state index in [0.717, 1.165) is 5.56 Å². The van der Waals surface area contributed by atoms with E-state index >= 15 is 0 Å². The zero-order valence-corrected chi connectivity index (χ0v) is 13.4. The highest BCUT2D eigenvalue weighted by Gasteiger charge is 2.39. The highest BCUT2D eigenvalue weighted by Crippen LogP contribution is 2.38. The lowest BCUT2D eigenvalue weighted by Gasteiger charge is -2.24. The fourth-order valence-electron chi connectivity index (χ4n) is 3.09. The number of hydrogen-bond acceptors (Lipinski definition) is 1. The number of hydrogen-bond donors (Lipinski definition) is 0. The Labute approximate surface area is 145 Å². The maximum atomic E-state index is 13.0. The first kappa shape index (κ1) is 18.3. The minimum atomic E-state index is -5.00. The van der Waals surface area contributed by atoms with Gasteiger partial charge in [0.2, 0.25) is 0 Å². The Bertz CT molecular complexity index is 823. The van der Waals surface area contributed by atoms with E-state index in [2.05, 4.69) is 0 Å². The first-order valence-corrected chi connectivity index (χ1v) is 7.69. The van der Waals surface area contributed by atoms with Gasteiger partial charge < -0.3 is 4.90 Å². The average molecular weight is 373 g/mol. The van der Waals surface area contributed by atoms with Crippen LogP contribution < -0.4 is 4.90 Å². The van der Waals surface area contributed by atoms with Crippen molar-refractivity contribution in [2.24, 2.45) is 0 Å². The van der Waals surface area contributed by atoms with Gasteiger partial charge in [-0.2, -0.15) is 26.3 Å². The van der Waals surface area contributed by atoms with E-state index in [4.69, 9.17) is 0 Å². The van der Waals surface area contributed by atoms with Crippen LogP contribution in [0.5, 0.6) is 0 Å². The van der Waals surface area contributed by atoms with Gasteiger partial charge in [0, 0.05) is 17.3 Å². The zero-order valence-electron chi connectivity index (χ0n) is 13.4. The van der Waals surface area contributed by atoms with Crippen molar-refractivity contribution in [2.75, 3.05) is 4.90 Å². The van der Waals surface area contributed by atoms with Gasteiger partial charge in [0.25, 0.3) is 5.91 Å². The molecule has 0 spiro atoms. The van der Waals surface area contributed by atoms with Gasteiger partial charge in [0.05, 0.1) is 11.1 Å². The van der Waals surface area contributed by atoms with Crippen LogP contribution in [-0.4, -0.2) is 11.9 Å². The molecular formula is C18H13F6NO. The number of halogens is 6. The summed E-state index contributed by atoms with van der Waals surface area (Å²) >= 11 is 0. The molecule has 1 aliphatic heterocycles. The molecule has 0 aromatic heterocycles. The number of para-hydroxylation sites is 1. The second kappa shape index (κ2) is 6.03. The topological polar surface area (TPSA) is 20.3 Å². The summed E-state index contributed by atoms with van der Waals surface area (Å²) in [6.45, 7) is 1.69. The lowest BCUT2D eigenvalue weighted by molar-refractivity contribution is -0.143. The number of nitrogens with zero attached hydrogens (tertiary/aromatic N) is 1. The van der Waals surface area contributed by atoms with Crippen LogP contribution in [-0.2, 0) is 18.8 Å². The molecule has 2 nitrogen and oxygen atoms in total. The smallest absolute Gasteiger partial charge is 0.305 e. The lowest BCUT2D eigenvalue weighted by atomic mass is 10.0. The van der Waals surface area contributed by atoms with Crippen LogP contribution in [0.3, 0.4) is 0 Å². The molecule has 2 aromatic rings. The van der Waals surface area contributed by atoms with Crippen molar-refractivity contribution in [3.05, 3.63) is 64.7 Å². The Balaban J connectivity index is 2.10. The van der Waals surface area contributed by atoms with Crippen LogP contribution in [0.2, 0.25) is 0 Å². The van der Waals surface area contributed by atoms with Gasteiger partial charge in [-0.15, -0.1) is 0 Å². The molecule has 1 unspecified atom stereocenters. The molecule has 0 bridgehead atoms. The Hall–Kier alpha value is -2.51. The van der Waals surface area contributed by atoms with Crippen molar-refractivity contribution in [1.82, 2.24) is 0 Å². The Morgan fingerprint density at radius 1 is 0.962 bits per heavy atom. The Morgan fingerprint density at radius 2 is 1.50 bits per heavy atom. The fourth-order valence-corrected chi connectivity index (χ4v) is 3.09. The predicted octanol–water partition coefficient (Wildman–Crippen LogP) is 5.32. The van der Waals surface area contributed by atoms with Gasteiger partial charge in [0.15, 0.2) is 0 Å². The second-order valence-corrected chi connectivity index (χ2v) is 6.15. The molecule has 0 saturated carbocycles. The summed E-state index contributed by atoms with van der Waals surface area (Å²) in [5, 5.41) is 0. The highest BCUT2D eigenvalue weighted by atomic mass is 19.4. The number of carbonyl (C=O) groups excluding carboxylic acids is 1. The predicted molar refractivity (Wildman–Crippen MR) is 82.9 cm³/mol. The third-order valence-corrected chi connectivity index (χ3v) is 4.26. The monoisotopic (exact) mass is 373 g/mol. The van der Waals surface area contributed by atoms with E-state index < -0.39 is 35.0 Å². The molecule has 3 rings (SSSR count). The van der Waals surface area contributed by atoms with Gasteiger partial charge in [-0.25, -0.2) is 0 Å². The summed E-state index contributed by atoms with van der Waals surface area (Å²) in [5.41, 5.74) is -2.34. The van der Waals surface area contributed by atoms with Gasteiger partial charge in [-0.05, 0) is 43.2 Å². The first-order valence-electron chi connectivity index (χ1n) is 7.69. The maximum absolute atomic E-state index is 13.0. The van der Waals surface area contributed by atoms with E-state index in [9.17, 15) is 31.1 Å². The largest absolute Gasteiger partial charge is 0.416 e. The molecule has 0 fully saturated rings. The summed E-state index contributed by atoms with van der Waals surface area (Å²) in [6.07, 6.45) is -9.51. The summed E-state index contributed by atoms with van der Waals surface area (Å²) in [4.78, 5) is 14.0. The summed E-state index contributed by atoms with van der Waals surface area (Å²) in [6, 6.07) is 7.37. The molecule has 1 atom stereocenters. The van der Waals surface area contributed by atoms with Crippen LogP contribution >= 0.6 is 0 Å². The molecule has 26 heavy (non-hydrogen) atoms. The molecular weight excluding hydrogens is 360 g/mol. The number of alkyl halides is 6. The molecule has 0 saturated heterocycles. The van der Waals surface area contributed by atoms with Crippen LogP contribution in [0.1, 0.15) is 34.0 Å². The second-order valence-electron chi connectivity index (χ2n) is 6.15. The number of rotatable bonds is 1. The third kappa shape index (κ3) is 3.27. The summed E-state index contributed by atoms with van der Waals surface area (Å²) in [7, 11) is 0. The van der Waals surface area contributed by atoms with Crippen LogP contribution in [0.25, 0.3) is 0 Å². The summed E-state index contributed by atoms with van der Waals surface area (Å²) in [5.74, 6) is -0.890. The van der Waals surface area contributed by atoms with E-state index in [0.29, 0.717) is 24.2 Å². The normalized spacial score (nSPS) is 17.3. The molecule has 1 heterocycles. The van der Waals surface area contributed by atoms with Crippen molar-refractivity contribution >= 4 is 11.6 Å². The van der Waals surface area contributed by atoms with Gasteiger partial charge in [-0.1, -0.05) is 18.2 Å². The van der Waals surface area contributed by atoms with Crippen molar-refractivity contribution in [2.45, 2.75) is 31.7 Å². The summed E-state index contributed by atoms with van der Waals surface area (Å²) < 4.78 is 78.0. The molecule has 8 heteroatoms. The molecule has 0 N–H and O–H groups in total. The minimum Gasteiger partial charge on any atom is -0.305 e. The number of benzene rings is 2. The fraction of sp³-hybridized carbons (Fsp3) is 0.278. The van der Waals surface area contributed by atoms with Gasteiger partial charge >= 0.3 is 12.4 Å². The van der Waals surface area contributed by atoms with Crippen molar-refractivity contribution in [1.29, 1.82) is 0 Å². The van der Waals surface area contributed by atoms with E-state index in [1.807, 2.05) is 0 Å². The molecule has 1 aliphatic rings. The Kier molecular flexibility index (Phi) is 4.24.